The van der Waals surface area contributed by atoms with Crippen molar-refractivity contribution in [2.24, 2.45) is 0 Å². The second-order valence-corrected chi connectivity index (χ2v) is 5.00. The summed E-state index contributed by atoms with van der Waals surface area (Å²) in [6, 6.07) is 6.96. The molecule has 82 valence electrons. The number of nitrogens with one attached hydrogen (secondary N) is 1. The van der Waals surface area contributed by atoms with Crippen molar-refractivity contribution in [2.45, 2.75) is 6.42 Å². The average molecular weight is 251 g/mol. The van der Waals surface area contributed by atoms with Crippen molar-refractivity contribution in [3.63, 3.8) is 0 Å². The molecular weight excluding hydrogens is 242 g/mol. The molecule has 0 aliphatic carbocycles. The van der Waals surface area contributed by atoms with Gasteiger partial charge in [-0.2, -0.15) is 0 Å². The number of allylic oxidation sites excluding steroid dienone is 1. The minimum atomic E-state index is -0.143. The topological polar surface area (TPSA) is 49.3 Å². The smallest absolute Gasteiger partial charge is 0.263 e. The molecule has 1 aliphatic rings. The van der Waals surface area contributed by atoms with Crippen LogP contribution in [-0.4, -0.2) is 15.3 Å². The van der Waals surface area contributed by atoms with E-state index in [9.17, 15) is 9.90 Å². The van der Waals surface area contributed by atoms with E-state index in [4.69, 9.17) is 12.2 Å². The number of carbonyl (C=O) groups is 1. The summed E-state index contributed by atoms with van der Waals surface area (Å²) in [5.41, 5.74) is 0.957. The van der Waals surface area contributed by atoms with E-state index in [1.807, 2.05) is 12.1 Å². The maximum absolute atomic E-state index is 11.3. The Bertz CT molecular complexity index is 483. The Labute approximate surface area is 103 Å². The average Bonchev–Trinajstić information content (AvgIpc) is 2.54. The van der Waals surface area contributed by atoms with Crippen LogP contribution in [0.5, 0.6) is 5.75 Å². The van der Waals surface area contributed by atoms with Gasteiger partial charge in [0.15, 0.2) is 0 Å². The second kappa shape index (κ2) is 4.67. The molecule has 0 spiro atoms. The number of hydrogen-bond donors (Lipinski definition) is 2. The first-order valence-electron chi connectivity index (χ1n) is 4.66. The van der Waals surface area contributed by atoms with E-state index in [1.54, 1.807) is 18.2 Å². The number of phenols is 1. The van der Waals surface area contributed by atoms with Gasteiger partial charge in [0, 0.05) is 0 Å². The molecule has 1 aromatic rings. The molecule has 0 atom stereocenters. The summed E-state index contributed by atoms with van der Waals surface area (Å²) < 4.78 is 0.493. The van der Waals surface area contributed by atoms with Crippen LogP contribution in [-0.2, 0) is 11.2 Å². The van der Waals surface area contributed by atoms with Crippen molar-refractivity contribution in [2.75, 3.05) is 0 Å². The summed E-state index contributed by atoms with van der Waals surface area (Å²) >= 11 is 6.14. The van der Waals surface area contributed by atoms with Crippen LogP contribution >= 0.6 is 24.0 Å². The van der Waals surface area contributed by atoms with E-state index >= 15 is 0 Å². The lowest BCUT2D eigenvalue weighted by Gasteiger charge is -1.97. The summed E-state index contributed by atoms with van der Waals surface area (Å²) in [4.78, 5) is 12.0. The highest BCUT2D eigenvalue weighted by Gasteiger charge is 2.21. The van der Waals surface area contributed by atoms with Gasteiger partial charge in [-0.3, -0.25) is 4.79 Å². The zero-order valence-electron chi connectivity index (χ0n) is 8.27. The van der Waals surface area contributed by atoms with Crippen molar-refractivity contribution < 1.29 is 9.90 Å². The lowest BCUT2D eigenvalue weighted by molar-refractivity contribution is -0.115. The lowest BCUT2D eigenvalue weighted by atomic mass is 10.1. The Morgan fingerprint density at radius 3 is 2.94 bits per heavy atom. The van der Waals surface area contributed by atoms with Crippen LogP contribution in [0, 0.1) is 0 Å². The number of thioether (sulfide) groups is 1. The van der Waals surface area contributed by atoms with Gasteiger partial charge >= 0.3 is 0 Å². The first-order valence-corrected chi connectivity index (χ1v) is 5.89. The van der Waals surface area contributed by atoms with Gasteiger partial charge < -0.3 is 10.4 Å². The number of thiocarbonyl (C=S) groups is 1. The van der Waals surface area contributed by atoms with Gasteiger partial charge in [0.1, 0.15) is 10.1 Å². The van der Waals surface area contributed by atoms with Gasteiger partial charge in [0.25, 0.3) is 5.91 Å². The highest BCUT2D eigenvalue weighted by Crippen LogP contribution is 2.24. The number of rotatable bonds is 2. The Morgan fingerprint density at radius 2 is 2.31 bits per heavy atom. The third kappa shape index (κ3) is 2.62. The van der Waals surface area contributed by atoms with Crippen LogP contribution < -0.4 is 5.32 Å². The normalized spacial score (nSPS) is 17.9. The number of hydrogen-bond acceptors (Lipinski definition) is 4. The highest BCUT2D eigenvalue weighted by molar-refractivity contribution is 8.26. The minimum Gasteiger partial charge on any atom is -0.508 e. The summed E-state index contributed by atoms with van der Waals surface area (Å²) in [7, 11) is 0. The molecule has 0 aromatic heterocycles. The van der Waals surface area contributed by atoms with Crippen molar-refractivity contribution in [3.8, 4) is 5.75 Å². The maximum Gasteiger partial charge on any atom is 0.263 e. The van der Waals surface area contributed by atoms with E-state index in [0.717, 1.165) is 5.56 Å². The van der Waals surface area contributed by atoms with Crippen LogP contribution in [0.15, 0.2) is 35.2 Å². The summed E-state index contributed by atoms with van der Waals surface area (Å²) in [5.74, 6) is 0.0881. The molecule has 1 amide bonds. The minimum absolute atomic E-state index is 0.143. The van der Waals surface area contributed by atoms with E-state index < -0.39 is 0 Å². The molecule has 2 N–H and O–H groups in total. The molecule has 1 aliphatic heterocycles. The molecule has 0 radical (unpaired) electrons. The summed E-state index contributed by atoms with van der Waals surface area (Å²) in [5, 5.41) is 11.8. The van der Waals surface area contributed by atoms with E-state index in [-0.39, 0.29) is 11.7 Å². The fourth-order valence-corrected chi connectivity index (χ4v) is 2.37. The van der Waals surface area contributed by atoms with Gasteiger partial charge in [-0.25, -0.2) is 0 Å². The molecule has 16 heavy (non-hydrogen) atoms. The van der Waals surface area contributed by atoms with Gasteiger partial charge in [0.05, 0.1) is 4.91 Å². The molecule has 5 heteroatoms. The van der Waals surface area contributed by atoms with Crippen LogP contribution in [0.3, 0.4) is 0 Å². The van der Waals surface area contributed by atoms with E-state index in [1.165, 1.54) is 11.8 Å². The Morgan fingerprint density at radius 1 is 1.50 bits per heavy atom. The summed E-state index contributed by atoms with van der Waals surface area (Å²) in [6.07, 6.45) is 2.42. The first-order chi connectivity index (χ1) is 7.65. The van der Waals surface area contributed by atoms with Gasteiger partial charge in [-0.15, -0.1) is 0 Å². The maximum atomic E-state index is 11.3. The van der Waals surface area contributed by atoms with Crippen molar-refractivity contribution >= 4 is 34.2 Å². The van der Waals surface area contributed by atoms with Crippen LogP contribution in [0.1, 0.15) is 5.56 Å². The lowest BCUT2D eigenvalue weighted by Crippen LogP contribution is -2.17. The molecule has 0 unspecified atom stereocenters. The molecule has 1 fully saturated rings. The number of phenolic OH excluding ortho intramolecular Hbond substituents is 1. The number of aromatic hydroxyl groups is 1. The third-order valence-electron chi connectivity index (χ3n) is 2.08. The zero-order valence-corrected chi connectivity index (χ0v) is 9.90. The van der Waals surface area contributed by atoms with E-state index in [0.29, 0.717) is 15.6 Å². The third-order valence-corrected chi connectivity index (χ3v) is 3.29. The fraction of sp³-hybridized carbons (Fsp3) is 0.0909. The number of benzene rings is 1. The van der Waals surface area contributed by atoms with Crippen LogP contribution in [0.25, 0.3) is 0 Å². The molecule has 1 aromatic carbocycles. The number of carbonyl (C=O) groups excluding carboxylic acids is 1. The molecule has 3 nitrogen and oxygen atoms in total. The standard InChI is InChI=1S/C11H9NO2S2/c13-8-3-1-2-7(6-8)4-5-9-10(14)12-11(15)16-9/h1-3,5-6,13H,4H2,(H,12,14,15). The largest absolute Gasteiger partial charge is 0.508 e. The highest BCUT2D eigenvalue weighted by atomic mass is 32.2. The SMILES string of the molecule is O=C1NC(=S)SC1=CCc1cccc(O)c1. The van der Waals surface area contributed by atoms with Gasteiger partial charge in [0.2, 0.25) is 0 Å². The quantitative estimate of drug-likeness (QED) is 0.623. The second-order valence-electron chi connectivity index (χ2n) is 3.29. The van der Waals surface area contributed by atoms with Crippen LogP contribution in [0.2, 0.25) is 0 Å². The zero-order chi connectivity index (χ0) is 11.5. The van der Waals surface area contributed by atoms with Crippen molar-refractivity contribution in [1.29, 1.82) is 0 Å². The molecule has 1 saturated heterocycles. The van der Waals surface area contributed by atoms with Crippen molar-refractivity contribution in [3.05, 3.63) is 40.8 Å². The Balaban J connectivity index is 2.09. The van der Waals surface area contributed by atoms with Crippen molar-refractivity contribution in [1.82, 2.24) is 5.32 Å². The molecule has 0 bridgehead atoms. The fourth-order valence-electron chi connectivity index (χ4n) is 1.35. The van der Waals surface area contributed by atoms with Gasteiger partial charge in [-0.1, -0.05) is 42.2 Å². The Hall–Kier alpha value is -1.33. The molecule has 2 rings (SSSR count). The van der Waals surface area contributed by atoms with Crippen LogP contribution in [0.4, 0.5) is 0 Å². The first kappa shape index (κ1) is 11.2. The molecule has 0 saturated carbocycles. The summed E-state index contributed by atoms with van der Waals surface area (Å²) in [6.45, 7) is 0. The van der Waals surface area contributed by atoms with E-state index in [2.05, 4.69) is 5.32 Å². The molecular formula is C11H9NO2S2. The Kier molecular flexibility index (Phi) is 3.26. The molecule has 1 heterocycles. The predicted octanol–water partition coefficient (Wildman–Crippen LogP) is 1.97. The van der Waals surface area contributed by atoms with Gasteiger partial charge in [-0.05, 0) is 24.1 Å². The number of amides is 1. The predicted molar refractivity (Wildman–Crippen MR) is 68.2 cm³/mol. The monoisotopic (exact) mass is 251 g/mol.